The van der Waals surface area contributed by atoms with Crippen LogP contribution in [-0.2, 0) is 0 Å². The van der Waals surface area contributed by atoms with E-state index in [1.807, 2.05) is 6.92 Å². The van der Waals surface area contributed by atoms with E-state index in [1.165, 1.54) is 10.9 Å². The first-order valence-corrected chi connectivity index (χ1v) is 8.65. The van der Waals surface area contributed by atoms with Crippen molar-refractivity contribution in [3.8, 4) is 5.75 Å². The maximum absolute atomic E-state index is 12.3. The Morgan fingerprint density at radius 2 is 1.88 bits per heavy atom. The van der Waals surface area contributed by atoms with E-state index in [-0.39, 0.29) is 12.6 Å². The molecule has 0 fully saturated rings. The number of benzene rings is 1. The first-order valence-electron chi connectivity index (χ1n) is 7.52. The smallest absolute Gasteiger partial charge is 0.329 e. The summed E-state index contributed by atoms with van der Waals surface area (Å²) in [6, 6.07) is 2.97. The summed E-state index contributed by atoms with van der Waals surface area (Å²) in [5.41, 5.74) is 0. The van der Waals surface area contributed by atoms with Gasteiger partial charge in [-0.05, 0) is 18.6 Å². The average Bonchev–Trinajstić information content (AvgIpc) is 3.12. The molecule has 1 aromatic heterocycles. The molecule has 1 amide bonds. The number of imidazole rings is 1. The van der Waals surface area contributed by atoms with Gasteiger partial charge in [0.1, 0.15) is 12.9 Å². The van der Waals surface area contributed by atoms with Crippen LogP contribution in [0.4, 0.5) is 4.79 Å². The zero-order chi connectivity index (χ0) is 18.8. The van der Waals surface area contributed by atoms with Gasteiger partial charge in [-0.15, -0.1) is 0 Å². The summed E-state index contributed by atoms with van der Waals surface area (Å²) in [7, 11) is 1.00. The molecule has 6 nitrogen and oxygen atoms in total. The lowest BCUT2D eigenvalue weighted by molar-refractivity contribution is 0.184. The number of aromatic nitrogens is 2. The average molecular weight is 409 g/mol. The third kappa shape index (κ3) is 6.40. The van der Waals surface area contributed by atoms with Crippen LogP contribution in [0.1, 0.15) is 13.3 Å². The zero-order valence-corrected chi connectivity index (χ0v) is 16.2. The van der Waals surface area contributed by atoms with Gasteiger partial charge in [0.05, 0.1) is 16.6 Å². The fourth-order valence-electron chi connectivity index (χ4n) is 2.03. The molecule has 2 rings (SSSR count). The van der Waals surface area contributed by atoms with Crippen LogP contribution in [-0.4, -0.2) is 52.4 Å². The van der Waals surface area contributed by atoms with E-state index >= 15 is 0 Å². The van der Waals surface area contributed by atoms with Gasteiger partial charge in [0, 0.05) is 31.1 Å². The Kier molecular flexibility index (Phi) is 9.67. The Hall–Kier alpha value is -1.47. The molecule has 0 unspecified atom stereocenters. The first-order chi connectivity index (χ1) is 12.0. The van der Waals surface area contributed by atoms with Crippen molar-refractivity contribution in [3.63, 3.8) is 0 Å². The van der Waals surface area contributed by atoms with E-state index < -0.39 is 0 Å². The third-order valence-electron chi connectivity index (χ3n) is 3.06. The quantitative estimate of drug-likeness (QED) is 0.777. The maximum atomic E-state index is 12.3. The van der Waals surface area contributed by atoms with Crippen LogP contribution in [0.3, 0.4) is 0 Å². The van der Waals surface area contributed by atoms with E-state index in [1.54, 1.807) is 29.4 Å². The van der Waals surface area contributed by atoms with Crippen molar-refractivity contribution in [3.05, 3.63) is 45.9 Å². The van der Waals surface area contributed by atoms with Gasteiger partial charge in [-0.25, -0.2) is 9.78 Å². The highest BCUT2D eigenvalue weighted by molar-refractivity contribution is 6.40. The number of hydrogen-bond donors (Lipinski definition) is 1. The second kappa shape index (κ2) is 11.2. The van der Waals surface area contributed by atoms with E-state index in [0.717, 1.165) is 13.5 Å². The lowest BCUT2D eigenvalue weighted by Crippen LogP contribution is -2.37. The molecule has 0 aliphatic heterocycles. The number of nitrogens with zero attached hydrogens (tertiary/aromatic N) is 3. The van der Waals surface area contributed by atoms with Gasteiger partial charge in [-0.2, -0.15) is 0 Å². The molecule has 9 heteroatoms. The van der Waals surface area contributed by atoms with Gasteiger partial charge in [0.2, 0.25) is 0 Å². The molecule has 1 N–H and O–H groups in total. The lowest BCUT2D eigenvalue weighted by Gasteiger charge is -2.22. The minimum atomic E-state index is -0.152. The molecule has 0 aliphatic carbocycles. The largest absolute Gasteiger partial charge is 0.489 e. The molecule has 25 heavy (non-hydrogen) atoms. The maximum Gasteiger partial charge on any atom is 0.329 e. The van der Waals surface area contributed by atoms with Crippen molar-refractivity contribution in [2.24, 2.45) is 0 Å². The highest BCUT2D eigenvalue weighted by Crippen LogP contribution is 2.35. The van der Waals surface area contributed by atoms with Crippen LogP contribution in [0.2, 0.25) is 15.1 Å². The van der Waals surface area contributed by atoms with Crippen LogP contribution >= 0.6 is 34.8 Å². The number of halogens is 3. The standard InChI is InChI=1S/C15H16Cl3N3O2.CH4O/c1-2-4-20(15(22)21-5-3-19-10-21)6-7-23-14-12(17)8-11(16)9-13(14)18;1-2/h3,5,8-10H,2,4,6-7H2,1H3;2H,1H3. The first kappa shape index (κ1) is 21.6. The van der Waals surface area contributed by atoms with Gasteiger partial charge < -0.3 is 14.7 Å². The number of rotatable bonds is 6. The van der Waals surface area contributed by atoms with Gasteiger partial charge in [-0.1, -0.05) is 41.7 Å². The Morgan fingerprint density at radius 1 is 1.24 bits per heavy atom. The minimum Gasteiger partial charge on any atom is -0.489 e. The molecule has 0 atom stereocenters. The number of carbonyl (C=O) groups is 1. The van der Waals surface area contributed by atoms with Gasteiger partial charge in [0.15, 0.2) is 5.75 Å². The van der Waals surface area contributed by atoms with Crippen molar-refractivity contribution < 1.29 is 14.6 Å². The number of amides is 1. The molecule has 0 aliphatic rings. The molecular weight excluding hydrogens is 389 g/mol. The van der Waals surface area contributed by atoms with Crippen LogP contribution in [0.15, 0.2) is 30.9 Å². The fraction of sp³-hybridized carbons (Fsp3) is 0.375. The summed E-state index contributed by atoms with van der Waals surface area (Å²) in [5, 5.41) is 8.12. The van der Waals surface area contributed by atoms with E-state index in [9.17, 15) is 4.79 Å². The van der Waals surface area contributed by atoms with Crippen LogP contribution in [0.5, 0.6) is 5.75 Å². The Bertz CT molecular complexity index is 643. The monoisotopic (exact) mass is 407 g/mol. The Labute approximate surface area is 161 Å². The fourth-order valence-corrected chi connectivity index (χ4v) is 2.96. The molecule has 1 aromatic carbocycles. The predicted octanol–water partition coefficient (Wildman–Crippen LogP) is 4.21. The molecule has 1 heterocycles. The summed E-state index contributed by atoms with van der Waals surface area (Å²) in [6.45, 7) is 3.28. The second-order valence-corrected chi connectivity index (χ2v) is 6.04. The second-order valence-electron chi connectivity index (χ2n) is 4.79. The van der Waals surface area contributed by atoms with E-state index in [4.69, 9.17) is 44.6 Å². The number of aliphatic hydroxyl groups excluding tert-OH is 1. The topological polar surface area (TPSA) is 67.6 Å². The van der Waals surface area contributed by atoms with E-state index in [0.29, 0.717) is 33.9 Å². The summed E-state index contributed by atoms with van der Waals surface area (Å²) in [5.74, 6) is 0.365. The van der Waals surface area contributed by atoms with Gasteiger partial charge in [0.25, 0.3) is 0 Å². The van der Waals surface area contributed by atoms with Crippen molar-refractivity contribution in [1.82, 2.24) is 14.5 Å². The summed E-state index contributed by atoms with van der Waals surface area (Å²) in [6.07, 6.45) is 5.48. The molecule has 0 spiro atoms. The SMILES string of the molecule is CCCN(CCOc1c(Cl)cc(Cl)cc1Cl)C(=O)n1ccnc1.CO. The van der Waals surface area contributed by atoms with E-state index in [2.05, 4.69) is 4.98 Å². The molecule has 138 valence electrons. The third-order valence-corrected chi connectivity index (χ3v) is 3.84. The Balaban J connectivity index is 0.00000151. The molecule has 0 saturated heterocycles. The van der Waals surface area contributed by atoms with Crippen LogP contribution in [0, 0.1) is 0 Å². The molecular formula is C16H20Cl3N3O3. The van der Waals surface area contributed by atoms with Crippen LogP contribution < -0.4 is 4.74 Å². The number of carbonyl (C=O) groups excluding carboxylic acids is 1. The van der Waals surface area contributed by atoms with Crippen molar-refractivity contribution in [1.29, 1.82) is 0 Å². The minimum absolute atomic E-state index is 0.152. The predicted molar refractivity (Wildman–Crippen MR) is 100.0 cm³/mol. The Morgan fingerprint density at radius 3 is 2.40 bits per heavy atom. The number of ether oxygens (including phenoxy) is 1. The number of aliphatic hydroxyl groups is 1. The highest BCUT2D eigenvalue weighted by atomic mass is 35.5. The number of hydrogen-bond acceptors (Lipinski definition) is 4. The molecule has 2 aromatic rings. The summed E-state index contributed by atoms with van der Waals surface area (Å²) < 4.78 is 7.05. The zero-order valence-electron chi connectivity index (χ0n) is 14.0. The summed E-state index contributed by atoms with van der Waals surface area (Å²) in [4.78, 5) is 17.9. The molecule has 0 radical (unpaired) electrons. The van der Waals surface area contributed by atoms with Crippen LogP contribution in [0.25, 0.3) is 0 Å². The van der Waals surface area contributed by atoms with Crippen molar-refractivity contribution in [2.45, 2.75) is 13.3 Å². The van der Waals surface area contributed by atoms with Gasteiger partial charge in [-0.3, -0.25) is 4.57 Å². The summed E-state index contributed by atoms with van der Waals surface area (Å²) >= 11 is 18.0. The molecule has 0 saturated carbocycles. The normalized spacial score (nSPS) is 10.0. The molecule has 0 bridgehead atoms. The lowest BCUT2D eigenvalue weighted by atomic mass is 10.3. The van der Waals surface area contributed by atoms with Crippen molar-refractivity contribution in [2.75, 3.05) is 26.8 Å². The highest BCUT2D eigenvalue weighted by Gasteiger charge is 2.15. The van der Waals surface area contributed by atoms with Gasteiger partial charge >= 0.3 is 6.03 Å². The van der Waals surface area contributed by atoms with Crippen molar-refractivity contribution >= 4 is 40.8 Å².